The Labute approximate surface area is 124 Å². The highest BCUT2D eigenvalue weighted by Crippen LogP contribution is 2.24. The van der Waals surface area contributed by atoms with Crippen LogP contribution in [0, 0.1) is 0 Å². The van der Waals surface area contributed by atoms with Crippen molar-refractivity contribution in [1.29, 1.82) is 0 Å². The van der Waals surface area contributed by atoms with E-state index in [0.717, 1.165) is 12.8 Å². The second-order valence-electron chi connectivity index (χ2n) is 5.49. The number of sulfonamides is 1. The Morgan fingerprint density at radius 3 is 2.86 bits per heavy atom. The third kappa shape index (κ3) is 4.52. The van der Waals surface area contributed by atoms with E-state index >= 15 is 0 Å². The summed E-state index contributed by atoms with van der Waals surface area (Å²) in [7, 11) is -3.53. The van der Waals surface area contributed by atoms with Crippen molar-refractivity contribution in [2.45, 2.75) is 31.1 Å². The number of carboxylic acids is 1. The van der Waals surface area contributed by atoms with Crippen molar-refractivity contribution in [2.24, 2.45) is 0 Å². The van der Waals surface area contributed by atoms with Gasteiger partial charge in [-0.3, -0.25) is 0 Å². The molecule has 0 radical (unpaired) electrons. The third-order valence-electron chi connectivity index (χ3n) is 3.50. The number of ether oxygens (including phenoxy) is 1. The topological polar surface area (TPSA) is 92.7 Å². The van der Waals surface area contributed by atoms with Crippen molar-refractivity contribution in [3.05, 3.63) is 35.4 Å². The third-order valence-corrected chi connectivity index (χ3v) is 4.79. The summed E-state index contributed by atoms with van der Waals surface area (Å²) in [6, 6.07) is 5.93. The van der Waals surface area contributed by atoms with Gasteiger partial charge in [-0.1, -0.05) is 12.1 Å². The van der Waals surface area contributed by atoms with Crippen molar-refractivity contribution in [1.82, 2.24) is 4.72 Å². The van der Waals surface area contributed by atoms with Crippen LogP contribution in [0.2, 0.25) is 0 Å². The van der Waals surface area contributed by atoms with Crippen molar-refractivity contribution in [3.63, 3.8) is 0 Å². The quantitative estimate of drug-likeness (QED) is 0.827. The number of benzene rings is 1. The molecule has 1 aromatic rings. The maximum absolute atomic E-state index is 12.1. The van der Waals surface area contributed by atoms with Crippen LogP contribution in [0.25, 0.3) is 0 Å². The minimum absolute atomic E-state index is 0.0776. The van der Waals surface area contributed by atoms with Crippen LogP contribution in [0.4, 0.5) is 0 Å². The molecule has 0 spiro atoms. The highest BCUT2D eigenvalue weighted by molar-refractivity contribution is 7.88. The smallest absolute Gasteiger partial charge is 0.335 e. The SMILES string of the molecule is CC1(CNS(=O)(=O)Cc2cccc(C(=O)O)c2)CCCO1. The number of carboxylic acid groups (broad SMARTS) is 1. The monoisotopic (exact) mass is 313 g/mol. The summed E-state index contributed by atoms with van der Waals surface area (Å²) in [4.78, 5) is 10.9. The van der Waals surface area contributed by atoms with E-state index in [-0.39, 0.29) is 17.9 Å². The summed E-state index contributed by atoms with van der Waals surface area (Å²) >= 11 is 0. The Kier molecular flexibility index (Phi) is 4.65. The van der Waals surface area contributed by atoms with Crippen molar-refractivity contribution < 1.29 is 23.1 Å². The van der Waals surface area contributed by atoms with Crippen LogP contribution in [-0.4, -0.2) is 38.2 Å². The molecule has 1 unspecified atom stereocenters. The zero-order valence-electron chi connectivity index (χ0n) is 11.8. The number of hydrogen-bond donors (Lipinski definition) is 2. The molecule has 1 fully saturated rings. The zero-order chi connectivity index (χ0) is 15.5. The van der Waals surface area contributed by atoms with Gasteiger partial charge in [0.15, 0.2) is 0 Å². The van der Waals surface area contributed by atoms with Gasteiger partial charge >= 0.3 is 5.97 Å². The number of hydrogen-bond acceptors (Lipinski definition) is 4. The summed E-state index contributed by atoms with van der Waals surface area (Å²) < 4.78 is 32.2. The van der Waals surface area contributed by atoms with Gasteiger partial charge in [0.05, 0.1) is 16.9 Å². The second kappa shape index (κ2) is 6.13. The summed E-state index contributed by atoms with van der Waals surface area (Å²) in [5.41, 5.74) is 0.0735. The molecule has 0 saturated carbocycles. The fourth-order valence-electron chi connectivity index (χ4n) is 2.30. The van der Waals surface area contributed by atoms with Gasteiger partial charge < -0.3 is 9.84 Å². The summed E-state index contributed by atoms with van der Waals surface area (Å²) in [5.74, 6) is -1.32. The van der Waals surface area contributed by atoms with Crippen molar-refractivity contribution in [3.8, 4) is 0 Å². The molecule has 0 aromatic heterocycles. The number of aromatic carboxylic acids is 1. The van der Waals surface area contributed by atoms with E-state index in [9.17, 15) is 13.2 Å². The summed E-state index contributed by atoms with van der Waals surface area (Å²) in [6.07, 6.45) is 1.75. The molecule has 1 atom stereocenters. The van der Waals surface area contributed by atoms with Gasteiger partial charge in [0.1, 0.15) is 0 Å². The van der Waals surface area contributed by atoms with E-state index in [1.54, 1.807) is 6.07 Å². The summed E-state index contributed by atoms with van der Waals surface area (Å²) in [5, 5.41) is 8.91. The first-order chi connectivity index (χ1) is 9.80. The van der Waals surface area contributed by atoms with Crippen LogP contribution in [0.15, 0.2) is 24.3 Å². The molecule has 1 heterocycles. The molecule has 2 rings (SSSR count). The molecule has 0 amide bonds. The average molecular weight is 313 g/mol. The maximum Gasteiger partial charge on any atom is 0.335 e. The Morgan fingerprint density at radius 2 is 2.24 bits per heavy atom. The van der Waals surface area contributed by atoms with Gasteiger partial charge in [-0.25, -0.2) is 17.9 Å². The number of nitrogens with one attached hydrogen (secondary N) is 1. The fraction of sp³-hybridized carbons (Fsp3) is 0.500. The normalized spacial score (nSPS) is 22.3. The number of carbonyl (C=O) groups is 1. The van der Waals surface area contributed by atoms with Crippen LogP contribution in [0.1, 0.15) is 35.7 Å². The molecule has 21 heavy (non-hydrogen) atoms. The van der Waals surface area contributed by atoms with E-state index in [2.05, 4.69) is 4.72 Å². The van der Waals surface area contributed by atoms with Crippen LogP contribution in [0.5, 0.6) is 0 Å². The second-order valence-corrected chi connectivity index (χ2v) is 7.29. The van der Waals surface area contributed by atoms with E-state index in [4.69, 9.17) is 9.84 Å². The molecule has 1 aromatic carbocycles. The Balaban J connectivity index is 2.00. The van der Waals surface area contributed by atoms with Crippen molar-refractivity contribution >= 4 is 16.0 Å². The van der Waals surface area contributed by atoms with Gasteiger partial charge in [0.2, 0.25) is 10.0 Å². The first-order valence-electron chi connectivity index (χ1n) is 6.73. The number of rotatable bonds is 6. The Bertz CT molecular complexity index is 620. The highest BCUT2D eigenvalue weighted by atomic mass is 32.2. The molecule has 1 saturated heterocycles. The predicted octanol–water partition coefficient (Wildman–Crippen LogP) is 1.37. The average Bonchev–Trinajstić information content (AvgIpc) is 2.84. The molecular weight excluding hydrogens is 294 g/mol. The first-order valence-corrected chi connectivity index (χ1v) is 8.38. The predicted molar refractivity (Wildman–Crippen MR) is 77.6 cm³/mol. The summed E-state index contributed by atoms with van der Waals surface area (Å²) in [6.45, 7) is 2.76. The molecule has 1 aliphatic rings. The molecular formula is C14H19NO5S. The lowest BCUT2D eigenvalue weighted by molar-refractivity contribution is 0.0250. The standard InChI is InChI=1S/C14H19NO5S/c1-14(6-3-7-20-14)10-15-21(18,19)9-11-4-2-5-12(8-11)13(16)17/h2,4-5,8,15H,3,6-7,9-10H2,1H3,(H,16,17). The minimum atomic E-state index is -3.53. The van der Waals surface area contributed by atoms with Gasteiger partial charge in [-0.2, -0.15) is 0 Å². The highest BCUT2D eigenvalue weighted by Gasteiger charge is 2.31. The molecule has 0 aliphatic carbocycles. The van der Waals surface area contributed by atoms with E-state index in [1.807, 2.05) is 6.92 Å². The largest absolute Gasteiger partial charge is 0.478 e. The Morgan fingerprint density at radius 1 is 1.48 bits per heavy atom. The van der Waals surface area contributed by atoms with Crippen LogP contribution >= 0.6 is 0 Å². The van der Waals surface area contributed by atoms with Gasteiger partial charge in [0.25, 0.3) is 0 Å². The molecule has 116 valence electrons. The van der Waals surface area contributed by atoms with Crippen LogP contribution in [0.3, 0.4) is 0 Å². The minimum Gasteiger partial charge on any atom is -0.478 e. The van der Waals surface area contributed by atoms with Crippen LogP contribution in [-0.2, 0) is 20.5 Å². The molecule has 0 bridgehead atoms. The zero-order valence-corrected chi connectivity index (χ0v) is 12.6. The van der Waals surface area contributed by atoms with Gasteiger partial charge in [0, 0.05) is 13.2 Å². The Hall–Kier alpha value is -1.44. The first kappa shape index (κ1) is 15.9. The molecule has 6 nitrogen and oxygen atoms in total. The lowest BCUT2D eigenvalue weighted by atomic mass is 10.0. The lowest BCUT2D eigenvalue weighted by Gasteiger charge is -2.23. The lowest BCUT2D eigenvalue weighted by Crippen LogP contribution is -2.40. The van der Waals surface area contributed by atoms with E-state index in [0.29, 0.717) is 12.2 Å². The van der Waals surface area contributed by atoms with Crippen LogP contribution < -0.4 is 4.72 Å². The van der Waals surface area contributed by atoms with E-state index < -0.39 is 21.6 Å². The molecule has 1 aliphatic heterocycles. The van der Waals surface area contributed by atoms with Crippen molar-refractivity contribution in [2.75, 3.05) is 13.2 Å². The van der Waals surface area contributed by atoms with E-state index in [1.165, 1.54) is 18.2 Å². The fourth-order valence-corrected chi connectivity index (χ4v) is 3.55. The maximum atomic E-state index is 12.1. The van der Waals surface area contributed by atoms with Gasteiger partial charge in [-0.15, -0.1) is 0 Å². The molecule has 7 heteroatoms. The molecule has 2 N–H and O–H groups in total. The van der Waals surface area contributed by atoms with Gasteiger partial charge in [-0.05, 0) is 37.5 Å².